The van der Waals surface area contributed by atoms with Crippen LogP contribution in [0.25, 0.3) is 0 Å². The number of nitrogens with zero attached hydrogens (tertiary/aromatic N) is 1. The molecule has 28 heavy (non-hydrogen) atoms. The summed E-state index contributed by atoms with van der Waals surface area (Å²) in [7, 11) is -0.675. The minimum absolute atomic E-state index is 0.0422. The Morgan fingerprint density at radius 3 is 2.50 bits per heavy atom. The summed E-state index contributed by atoms with van der Waals surface area (Å²) in [5.41, 5.74) is 3.57. The molecule has 0 heterocycles. The van der Waals surface area contributed by atoms with Crippen molar-refractivity contribution in [2.24, 2.45) is 0 Å². The molecule has 0 bridgehead atoms. The summed E-state index contributed by atoms with van der Waals surface area (Å²) < 4.78 is 25.5. The van der Waals surface area contributed by atoms with E-state index in [1.165, 1.54) is 37.4 Å². The first-order valence-electron chi connectivity index (χ1n) is 9.25. The van der Waals surface area contributed by atoms with Gasteiger partial charge in [-0.2, -0.15) is 0 Å². The van der Waals surface area contributed by atoms with E-state index < -0.39 is 10.0 Å². The molecule has 1 amide bonds. The van der Waals surface area contributed by atoms with Crippen LogP contribution in [0.1, 0.15) is 40.7 Å². The molecule has 0 unspecified atom stereocenters. The third-order valence-electron chi connectivity index (χ3n) is 4.90. The van der Waals surface area contributed by atoms with Crippen molar-refractivity contribution < 1.29 is 18.0 Å². The number of hydrogen-bond donors (Lipinski definition) is 1. The molecule has 3 rings (SSSR count). The predicted octanol–water partition coefficient (Wildman–Crippen LogP) is 3.03. The molecule has 0 atom stereocenters. The van der Waals surface area contributed by atoms with Gasteiger partial charge in [0.05, 0.1) is 4.90 Å². The van der Waals surface area contributed by atoms with Crippen molar-refractivity contribution in [3.63, 3.8) is 0 Å². The second-order valence-electron chi connectivity index (χ2n) is 7.12. The molecule has 1 N–H and O–H groups in total. The number of amides is 1. The van der Waals surface area contributed by atoms with Gasteiger partial charge < -0.3 is 5.32 Å². The lowest BCUT2D eigenvalue weighted by Crippen LogP contribution is -2.22. The van der Waals surface area contributed by atoms with E-state index in [1.54, 1.807) is 12.1 Å². The summed E-state index contributed by atoms with van der Waals surface area (Å²) in [6, 6.07) is 11.9. The van der Waals surface area contributed by atoms with E-state index in [1.807, 2.05) is 18.2 Å². The number of nitrogens with one attached hydrogen (secondary N) is 1. The summed E-state index contributed by atoms with van der Waals surface area (Å²) in [6.45, 7) is 0. The van der Waals surface area contributed by atoms with Gasteiger partial charge in [-0.15, -0.1) is 0 Å². The minimum atomic E-state index is -3.57. The van der Waals surface area contributed by atoms with Gasteiger partial charge in [-0.1, -0.05) is 18.2 Å². The van der Waals surface area contributed by atoms with E-state index in [9.17, 15) is 18.0 Å². The first kappa shape index (κ1) is 20.2. The number of Topliss-reactive ketones (excluding diaryl/α,β-unsaturated/α-hetero) is 1. The zero-order chi connectivity index (χ0) is 20.3. The number of carbonyl (C=O) groups excluding carboxylic acids is 2. The molecule has 0 aliphatic heterocycles. The van der Waals surface area contributed by atoms with E-state index in [0.29, 0.717) is 11.3 Å². The van der Waals surface area contributed by atoms with Crippen molar-refractivity contribution in [2.45, 2.75) is 37.0 Å². The summed E-state index contributed by atoms with van der Waals surface area (Å²) in [6.07, 6.45) is 3.34. The Balaban J connectivity index is 1.59. The molecule has 2 aromatic rings. The first-order chi connectivity index (χ1) is 13.3. The van der Waals surface area contributed by atoms with Crippen LogP contribution in [0.3, 0.4) is 0 Å². The lowest BCUT2D eigenvalue weighted by molar-refractivity contribution is -0.116. The highest BCUT2D eigenvalue weighted by molar-refractivity contribution is 7.89. The molecule has 1 aliphatic carbocycles. The lowest BCUT2D eigenvalue weighted by Gasteiger charge is -2.12. The SMILES string of the molecule is CN(C)S(=O)(=O)c1cccc(NC(=O)CCC(=O)c2ccc3c(c2)CCC3)c1. The van der Waals surface area contributed by atoms with Gasteiger partial charge in [-0.25, -0.2) is 12.7 Å². The van der Waals surface area contributed by atoms with Crippen LogP contribution in [-0.2, 0) is 27.7 Å². The largest absolute Gasteiger partial charge is 0.326 e. The quantitative estimate of drug-likeness (QED) is 0.724. The van der Waals surface area contributed by atoms with Crippen molar-refractivity contribution in [2.75, 3.05) is 19.4 Å². The average molecular weight is 401 g/mol. The van der Waals surface area contributed by atoms with Gasteiger partial charge in [0, 0.05) is 38.2 Å². The van der Waals surface area contributed by atoms with E-state index >= 15 is 0 Å². The number of ketones is 1. The zero-order valence-corrected chi connectivity index (χ0v) is 16.9. The minimum Gasteiger partial charge on any atom is -0.326 e. The maximum absolute atomic E-state index is 12.4. The van der Waals surface area contributed by atoms with Gasteiger partial charge in [0.2, 0.25) is 15.9 Å². The van der Waals surface area contributed by atoms with E-state index in [0.717, 1.165) is 23.6 Å². The van der Waals surface area contributed by atoms with Crippen LogP contribution in [0, 0.1) is 0 Å². The van der Waals surface area contributed by atoms with E-state index in [2.05, 4.69) is 5.32 Å². The molecule has 0 fully saturated rings. The molecule has 0 radical (unpaired) electrons. The normalized spacial score (nSPS) is 13.4. The number of benzene rings is 2. The van der Waals surface area contributed by atoms with Crippen LogP contribution >= 0.6 is 0 Å². The summed E-state index contributed by atoms with van der Waals surface area (Å²) in [5, 5.41) is 2.67. The highest BCUT2D eigenvalue weighted by atomic mass is 32.2. The number of fused-ring (bicyclic) bond motifs is 1. The molecular formula is C21H24N2O4S. The number of carbonyl (C=O) groups is 2. The Morgan fingerprint density at radius 2 is 1.75 bits per heavy atom. The fourth-order valence-electron chi connectivity index (χ4n) is 3.29. The van der Waals surface area contributed by atoms with Gasteiger partial charge in [0.25, 0.3) is 0 Å². The maximum Gasteiger partial charge on any atom is 0.242 e. The van der Waals surface area contributed by atoms with Gasteiger partial charge in [0.15, 0.2) is 5.78 Å². The van der Waals surface area contributed by atoms with Crippen LogP contribution < -0.4 is 5.32 Å². The van der Waals surface area contributed by atoms with Gasteiger partial charge in [-0.3, -0.25) is 9.59 Å². The lowest BCUT2D eigenvalue weighted by atomic mass is 10.0. The molecule has 0 aromatic heterocycles. The van der Waals surface area contributed by atoms with Crippen molar-refractivity contribution in [1.82, 2.24) is 4.31 Å². The highest BCUT2D eigenvalue weighted by Crippen LogP contribution is 2.23. The van der Waals surface area contributed by atoms with E-state index in [4.69, 9.17) is 0 Å². The topological polar surface area (TPSA) is 83.6 Å². The molecule has 1 aliphatic rings. The predicted molar refractivity (Wildman–Crippen MR) is 108 cm³/mol. The Bertz CT molecular complexity index is 1010. The molecule has 2 aromatic carbocycles. The van der Waals surface area contributed by atoms with Gasteiger partial charge in [-0.05, 0) is 54.7 Å². The summed E-state index contributed by atoms with van der Waals surface area (Å²) >= 11 is 0. The van der Waals surface area contributed by atoms with Crippen molar-refractivity contribution >= 4 is 27.4 Å². The van der Waals surface area contributed by atoms with Crippen molar-refractivity contribution in [3.05, 3.63) is 59.2 Å². The van der Waals surface area contributed by atoms with Crippen LogP contribution in [0.4, 0.5) is 5.69 Å². The number of anilines is 1. The first-order valence-corrected chi connectivity index (χ1v) is 10.7. The second kappa shape index (κ2) is 8.24. The van der Waals surface area contributed by atoms with E-state index in [-0.39, 0.29) is 29.4 Å². The maximum atomic E-state index is 12.4. The molecule has 6 nitrogen and oxygen atoms in total. The van der Waals surface area contributed by atoms with Gasteiger partial charge in [0.1, 0.15) is 0 Å². The van der Waals surface area contributed by atoms with Crippen LogP contribution in [0.2, 0.25) is 0 Å². The monoisotopic (exact) mass is 400 g/mol. The molecule has 0 spiro atoms. The Morgan fingerprint density at radius 1 is 1.00 bits per heavy atom. The third kappa shape index (κ3) is 4.48. The smallest absolute Gasteiger partial charge is 0.242 e. The fourth-order valence-corrected chi connectivity index (χ4v) is 4.23. The van der Waals surface area contributed by atoms with Gasteiger partial charge >= 0.3 is 0 Å². The number of hydrogen-bond acceptors (Lipinski definition) is 4. The summed E-state index contributed by atoms with van der Waals surface area (Å²) in [5.74, 6) is -0.386. The molecule has 0 saturated carbocycles. The summed E-state index contributed by atoms with van der Waals surface area (Å²) in [4.78, 5) is 24.7. The van der Waals surface area contributed by atoms with Crippen LogP contribution in [0.5, 0.6) is 0 Å². The Hall–Kier alpha value is -2.51. The molecule has 148 valence electrons. The van der Waals surface area contributed by atoms with Crippen LogP contribution in [-0.4, -0.2) is 38.5 Å². The molecular weight excluding hydrogens is 376 g/mol. The molecule has 0 saturated heterocycles. The number of aryl methyl sites for hydroxylation is 2. The Kier molecular flexibility index (Phi) is 5.96. The zero-order valence-electron chi connectivity index (χ0n) is 16.1. The second-order valence-corrected chi connectivity index (χ2v) is 9.28. The standard InChI is InChI=1S/C21H24N2O4S/c1-23(2)28(26,27)19-8-4-7-18(14-19)22-21(25)12-11-20(24)17-10-9-15-5-3-6-16(15)13-17/h4,7-10,13-14H,3,5-6,11-12H2,1-2H3,(H,22,25). The number of sulfonamides is 1. The third-order valence-corrected chi connectivity index (χ3v) is 6.71. The Labute approximate surface area is 165 Å². The van der Waals surface area contributed by atoms with Crippen LogP contribution in [0.15, 0.2) is 47.4 Å². The van der Waals surface area contributed by atoms with Crippen molar-refractivity contribution in [3.8, 4) is 0 Å². The molecule has 7 heteroatoms. The fraction of sp³-hybridized carbons (Fsp3) is 0.333. The average Bonchev–Trinajstić information content (AvgIpc) is 3.14. The number of rotatable bonds is 7. The highest BCUT2D eigenvalue weighted by Gasteiger charge is 2.18. The van der Waals surface area contributed by atoms with Crippen molar-refractivity contribution in [1.29, 1.82) is 0 Å².